The van der Waals surface area contributed by atoms with Crippen LogP contribution in [0.4, 0.5) is 10.8 Å². The molecule has 1 aromatic carbocycles. The van der Waals surface area contributed by atoms with Gasteiger partial charge in [-0.25, -0.2) is 4.98 Å². The van der Waals surface area contributed by atoms with Gasteiger partial charge in [0.25, 0.3) is 5.69 Å². The zero-order chi connectivity index (χ0) is 18.0. The molecule has 25 heavy (non-hydrogen) atoms. The molecular weight excluding hydrogens is 362 g/mol. The summed E-state index contributed by atoms with van der Waals surface area (Å²) in [5.74, 6) is -0.130. The average Bonchev–Trinajstić information content (AvgIpc) is 2.99. The molecule has 9 heteroatoms. The van der Waals surface area contributed by atoms with E-state index in [4.69, 9.17) is 0 Å². The lowest BCUT2D eigenvalue weighted by molar-refractivity contribution is -0.384. The Balaban J connectivity index is 1.63. The molecule has 1 unspecified atom stereocenters. The Morgan fingerprint density at radius 3 is 2.72 bits per heavy atom. The van der Waals surface area contributed by atoms with Gasteiger partial charge in [0.2, 0.25) is 5.91 Å². The maximum absolute atomic E-state index is 12.3. The number of aryl methyl sites for hydroxylation is 1. The minimum absolute atomic E-state index is 0.0134. The van der Waals surface area contributed by atoms with Crippen molar-refractivity contribution in [3.63, 3.8) is 0 Å². The molecule has 2 aromatic rings. The van der Waals surface area contributed by atoms with Crippen molar-refractivity contribution in [2.24, 2.45) is 0 Å². The number of nitro groups is 1. The molecule has 1 heterocycles. The summed E-state index contributed by atoms with van der Waals surface area (Å²) in [6.07, 6.45) is 2.10. The van der Waals surface area contributed by atoms with Gasteiger partial charge in [0.05, 0.1) is 20.7 Å². The maximum Gasteiger partial charge on any atom is 0.269 e. The number of hydrogen-bond donors (Lipinski definition) is 1. The molecule has 1 aromatic heterocycles. The zero-order valence-electron chi connectivity index (χ0n) is 13.4. The fraction of sp³-hybridized carbons (Fsp3) is 0.312. The topological polar surface area (TPSA) is 102 Å². The minimum Gasteiger partial charge on any atom is -0.301 e. The molecule has 1 atom stereocenters. The predicted octanol–water partition coefficient (Wildman–Crippen LogP) is 3.69. The number of thioether (sulfide) groups is 1. The Hall–Kier alpha value is -2.26. The SMILES string of the molecule is CC(Sc1ccc([N+](=O)[O-])cc1)C(=O)Nc1nc2c(s1)C(=O)CCC2. The highest BCUT2D eigenvalue weighted by atomic mass is 32.2. The Morgan fingerprint density at radius 2 is 2.08 bits per heavy atom. The quantitative estimate of drug-likeness (QED) is 0.484. The van der Waals surface area contributed by atoms with Crippen molar-refractivity contribution in [1.29, 1.82) is 0 Å². The minimum atomic E-state index is -0.462. The van der Waals surface area contributed by atoms with E-state index in [1.165, 1.54) is 35.2 Å². The average molecular weight is 377 g/mol. The number of aromatic nitrogens is 1. The van der Waals surface area contributed by atoms with Crippen LogP contribution in [0.25, 0.3) is 0 Å². The van der Waals surface area contributed by atoms with Gasteiger partial charge in [-0.3, -0.25) is 19.7 Å². The summed E-state index contributed by atoms with van der Waals surface area (Å²) < 4.78 is 0. The van der Waals surface area contributed by atoms with Crippen LogP contribution in [0, 0.1) is 10.1 Å². The summed E-state index contributed by atoms with van der Waals surface area (Å²) in [6, 6.07) is 6.06. The monoisotopic (exact) mass is 377 g/mol. The normalized spacial score (nSPS) is 14.7. The van der Waals surface area contributed by atoms with E-state index in [-0.39, 0.29) is 17.4 Å². The molecular formula is C16H15N3O4S2. The number of amides is 1. The number of nitro benzene ring substituents is 1. The van der Waals surface area contributed by atoms with E-state index in [1.54, 1.807) is 19.1 Å². The van der Waals surface area contributed by atoms with E-state index in [0.29, 0.717) is 16.4 Å². The second-order valence-electron chi connectivity index (χ2n) is 5.57. The van der Waals surface area contributed by atoms with E-state index in [1.807, 2.05) is 0 Å². The van der Waals surface area contributed by atoms with Crippen molar-refractivity contribution in [2.45, 2.75) is 36.3 Å². The summed E-state index contributed by atoms with van der Waals surface area (Å²) >= 11 is 2.53. The van der Waals surface area contributed by atoms with Crippen molar-refractivity contribution < 1.29 is 14.5 Å². The largest absolute Gasteiger partial charge is 0.301 e. The summed E-state index contributed by atoms with van der Waals surface area (Å²) in [5.41, 5.74) is 0.784. The number of ketones is 1. The standard InChI is InChI=1S/C16H15N3O4S2/c1-9(24-11-7-5-10(6-8-11)19(22)23)15(21)18-16-17-12-3-2-4-13(20)14(12)25-16/h5-9H,2-4H2,1H3,(H,17,18,21). The van der Waals surface area contributed by atoms with Gasteiger partial charge in [-0.05, 0) is 31.9 Å². The molecule has 0 saturated carbocycles. The van der Waals surface area contributed by atoms with Crippen LogP contribution in [0.3, 0.4) is 0 Å². The Morgan fingerprint density at radius 1 is 1.36 bits per heavy atom. The van der Waals surface area contributed by atoms with Crippen LogP contribution in [-0.2, 0) is 11.2 Å². The highest BCUT2D eigenvalue weighted by Gasteiger charge is 2.24. The predicted molar refractivity (Wildman–Crippen MR) is 96.4 cm³/mol. The molecule has 0 radical (unpaired) electrons. The molecule has 1 aliphatic carbocycles. The first-order valence-electron chi connectivity index (χ1n) is 7.69. The number of hydrogen-bond acceptors (Lipinski definition) is 7. The number of thiazole rings is 1. The van der Waals surface area contributed by atoms with Crippen LogP contribution in [0.5, 0.6) is 0 Å². The lowest BCUT2D eigenvalue weighted by Gasteiger charge is -2.10. The Bertz CT molecular complexity index is 832. The van der Waals surface area contributed by atoms with Crippen LogP contribution in [0.1, 0.15) is 35.1 Å². The summed E-state index contributed by atoms with van der Waals surface area (Å²) in [5, 5.41) is 13.5. The van der Waals surface area contributed by atoms with E-state index < -0.39 is 10.2 Å². The van der Waals surface area contributed by atoms with Gasteiger partial charge in [0.15, 0.2) is 10.9 Å². The van der Waals surface area contributed by atoms with Crippen LogP contribution >= 0.6 is 23.1 Å². The first-order chi connectivity index (χ1) is 11.9. The number of carbonyl (C=O) groups excluding carboxylic acids is 2. The van der Waals surface area contributed by atoms with E-state index in [2.05, 4.69) is 10.3 Å². The summed E-state index contributed by atoms with van der Waals surface area (Å²) in [6.45, 7) is 1.75. The van der Waals surface area contributed by atoms with E-state index in [9.17, 15) is 19.7 Å². The lowest BCUT2D eigenvalue weighted by atomic mass is 10.0. The molecule has 0 spiro atoms. The number of Topliss-reactive ketones (excluding diaryl/α,β-unsaturated/α-hetero) is 1. The first kappa shape index (κ1) is 17.6. The molecule has 3 rings (SSSR count). The first-order valence-corrected chi connectivity index (χ1v) is 9.38. The van der Waals surface area contributed by atoms with Crippen molar-refractivity contribution in [2.75, 3.05) is 5.32 Å². The lowest BCUT2D eigenvalue weighted by Crippen LogP contribution is -2.22. The number of non-ortho nitro benzene ring substituents is 1. The molecule has 1 aliphatic rings. The summed E-state index contributed by atoms with van der Waals surface area (Å²) in [7, 11) is 0. The third-order valence-corrected chi connectivity index (χ3v) is 5.89. The van der Waals surface area contributed by atoms with Gasteiger partial charge in [-0.2, -0.15) is 0 Å². The van der Waals surface area contributed by atoms with Gasteiger partial charge >= 0.3 is 0 Å². The van der Waals surface area contributed by atoms with Crippen LogP contribution in [0.15, 0.2) is 29.2 Å². The number of fused-ring (bicyclic) bond motifs is 1. The third-order valence-electron chi connectivity index (χ3n) is 3.73. The number of nitrogens with one attached hydrogen (secondary N) is 1. The van der Waals surface area contributed by atoms with Gasteiger partial charge in [0, 0.05) is 23.4 Å². The fourth-order valence-corrected chi connectivity index (χ4v) is 4.28. The second kappa shape index (κ2) is 7.32. The number of rotatable bonds is 5. The van der Waals surface area contributed by atoms with Crippen molar-refractivity contribution in [3.05, 3.63) is 45.0 Å². The molecule has 1 amide bonds. The van der Waals surface area contributed by atoms with Gasteiger partial charge < -0.3 is 5.32 Å². The van der Waals surface area contributed by atoms with E-state index >= 15 is 0 Å². The molecule has 1 N–H and O–H groups in total. The van der Waals surface area contributed by atoms with Gasteiger partial charge in [-0.15, -0.1) is 11.8 Å². The molecule has 130 valence electrons. The molecule has 0 saturated heterocycles. The second-order valence-corrected chi connectivity index (χ2v) is 7.99. The third kappa shape index (κ3) is 4.05. The summed E-state index contributed by atoms with van der Waals surface area (Å²) in [4.78, 5) is 40.1. The molecule has 0 aliphatic heterocycles. The molecule has 7 nitrogen and oxygen atoms in total. The zero-order valence-corrected chi connectivity index (χ0v) is 15.0. The van der Waals surface area contributed by atoms with Crippen LogP contribution in [0.2, 0.25) is 0 Å². The fourth-order valence-electron chi connectivity index (χ4n) is 2.43. The molecule has 0 fully saturated rings. The van der Waals surface area contributed by atoms with Crippen LogP contribution < -0.4 is 5.32 Å². The van der Waals surface area contributed by atoms with Crippen LogP contribution in [-0.4, -0.2) is 26.8 Å². The van der Waals surface area contributed by atoms with Crippen molar-refractivity contribution >= 4 is 45.6 Å². The Kier molecular flexibility index (Phi) is 5.14. The Labute approximate surface area is 152 Å². The highest BCUT2D eigenvalue weighted by molar-refractivity contribution is 8.00. The number of anilines is 1. The van der Waals surface area contributed by atoms with E-state index in [0.717, 1.165) is 23.4 Å². The smallest absolute Gasteiger partial charge is 0.269 e. The highest BCUT2D eigenvalue weighted by Crippen LogP contribution is 2.31. The number of nitrogens with zero attached hydrogens (tertiary/aromatic N) is 2. The maximum atomic E-state index is 12.3. The van der Waals surface area contributed by atoms with Crippen molar-refractivity contribution in [1.82, 2.24) is 4.98 Å². The molecule has 0 bridgehead atoms. The number of carbonyl (C=O) groups is 2. The van der Waals surface area contributed by atoms with Gasteiger partial charge in [0.1, 0.15) is 0 Å². The van der Waals surface area contributed by atoms with Gasteiger partial charge in [-0.1, -0.05) is 11.3 Å². The van der Waals surface area contributed by atoms with Crippen molar-refractivity contribution in [3.8, 4) is 0 Å². The number of benzene rings is 1.